The zero-order valence-corrected chi connectivity index (χ0v) is 18.9. The predicted octanol–water partition coefficient (Wildman–Crippen LogP) is 6.21. The lowest BCUT2D eigenvalue weighted by Crippen LogP contribution is -2.37. The van der Waals surface area contributed by atoms with E-state index in [1.54, 1.807) is 0 Å². The van der Waals surface area contributed by atoms with Crippen molar-refractivity contribution in [1.82, 2.24) is 9.47 Å². The van der Waals surface area contributed by atoms with E-state index in [0.717, 1.165) is 19.5 Å². The molecular formula is C29H30N2O. The van der Waals surface area contributed by atoms with Crippen molar-refractivity contribution in [2.24, 2.45) is 0 Å². The second-order valence-corrected chi connectivity index (χ2v) is 9.21. The van der Waals surface area contributed by atoms with Crippen molar-refractivity contribution in [2.45, 2.75) is 45.7 Å². The number of para-hydroxylation sites is 1. The van der Waals surface area contributed by atoms with Gasteiger partial charge in [0, 0.05) is 43.2 Å². The van der Waals surface area contributed by atoms with E-state index in [-0.39, 0.29) is 11.8 Å². The van der Waals surface area contributed by atoms with Gasteiger partial charge in [0.2, 0.25) is 5.91 Å². The standard InChI is InChI=1S/C29H30N2O/c1-21-10-12-23(13-11-21)18-31-20-27(26-8-3-4-9-28(26)31)25-14-15-30(29(32)17-25)19-24-7-5-6-22(2)16-24/h3-13,16,20,25H,14-15,17-19H2,1-2H3. The smallest absolute Gasteiger partial charge is 0.223 e. The van der Waals surface area contributed by atoms with E-state index in [1.807, 2.05) is 4.90 Å². The van der Waals surface area contributed by atoms with E-state index in [1.165, 1.54) is 38.7 Å². The highest BCUT2D eigenvalue weighted by atomic mass is 16.2. The summed E-state index contributed by atoms with van der Waals surface area (Å²) in [7, 11) is 0. The van der Waals surface area contributed by atoms with Crippen LogP contribution in [0.25, 0.3) is 10.9 Å². The Morgan fingerprint density at radius 3 is 2.44 bits per heavy atom. The summed E-state index contributed by atoms with van der Waals surface area (Å²) >= 11 is 0. The van der Waals surface area contributed by atoms with Crippen LogP contribution < -0.4 is 0 Å². The first-order valence-corrected chi connectivity index (χ1v) is 11.5. The van der Waals surface area contributed by atoms with Gasteiger partial charge in [-0.1, -0.05) is 77.9 Å². The van der Waals surface area contributed by atoms with Crippen LogP contribution in [0.4, 0.5) is 0 Å². The number of likely N-dealkylation sites (tertiary alicyclic amines) is 1. The molecule has 1 aliphatic heterocycles. The fourth-order valence-electron chi connectivity index (χ4n) is 4.96. The quantitative estimate of drug-likeness (QED) is 0.375. The second-order valence-electron chi connectivity index (χ2n) is 9.21. The summed E-state index contributed by atoms with van der Waals surface area (Å²) in [6.07, 6.45) is 3.89. The number of fused-ring (bicyclic) bond motifs is 1. The largest absolute Gasteiger partial charge is 0.343 e. The van der Waals surface area contributed by atoms with Crippen LogP contribution in [0.15, 0.2) is 79.0 Å². The van der Waals surface area contributed by atoms with E-state index in [9.17, 15) is 4.79 Å². The van der Waals surface area contributed by atoms with E-state index >= 15 is 0 Å². The fourth-order valence-corrected chi connectivity index (χ4v) is 4.96. The zero-order valence-electron chi connectivity index (χ0n) is 18.9. The Hall–Kier alpha value is -3.33. The SMILES string of the molecule is Cc1ccc(Cn2cc(C3CCN(Cc4cccc(C)c4)C(=O)C3)c3ccccc32)cc1. The first-order valence-electron chi connectivity index (χ1n) is 11.5. The summed E-state index contributed by atoms with van der Waals surface area (Å²) in [6, 6.07) is 25.8. The summed E-state index contributed by atoms with van der Waals surface area (Å²) < 4.78 is 2.35. The number of piperidine rings is 1. The second kappa shape index (κ2) is 8.66. The maximum atomic E-state index is 13.1. The molecule has 3 aromatic carbocycles. The van der Waals surface area contributed by atoms with Crippen molar-refractivity contribution in [2.75, 3.05) is 6.54 Å². The van der Waals surface area contributed by atoms with Gasteiger partial charge in [-0.15, -0.1) is 0 Å². The first kappa shape index (κ1) is 20.6. The molecule has 2 heterocycles. The molecule has 0 bridgehead atoms. The van der Waals surface area contributed by atoms with Gasteiger partial charge in [0.05, 0.1) is 0 Å². The molecule has 0 saturated carbocycles. The Kier molecular flexibility index (Phi) is 5.57. The van der Waals surface area contributed by atoms with Crippen LogP contribution in [0.2, 0.25) is 0 Å². The fraction of sp³-hybridized carbons (Fsp3) is 0.276. The number of carbonyl (C=O) groups excluding carboxylic acids is 1. The van der Waals surface area contributed by atoms with Gasteiger partial charge < -0.3 is 9.47 Å². The monoisotopic (exact) mass is 422 g/mol. The van der Waals surface area contributed by atoms with Crippen LogP contribution in [0.1, 0.15) is 46.6 Å². The highest BCUT2D eigenvalue weighted by molar-refractivity contribution is 5.86. The number of aryl methyl sites for hydroxylation is 2. The molecule has 32 heavy (non-hydrogen) atoms. The summed E-state index contributed by atoms with van der Waals surface area (Å²) in [5, 5.41) is 1.28. The molecular weight excluding hydrogens is 392 g/mol. The van der Waals surface area contributed by atoms with Gasteiger partial charge in [0.15, 0.2) is 0 Å². The number of hydrogen-bond acceptors (Lipinski definition) is 1. The average Bonchev–Trinajstić information content (AvgIpc) is 3.15. The number of benzene rings is 3. The average molecular weight is 423 g/mol. The molecule has 1 unspecified atom stereocenters. The lowest BCUT2D eigenvalue weighted by atomic mass is 9.88. The molecule has 1 aliphatic rings. The van der Waals surface area contributed by atoms with Crippen molar-refractivity contribution in [1.29, 1.82) is 0 Å². The van der Waals surface area contributed by atoms with Crippen molar-refractivity contribution < 1.29 is 4.79 Å². The van der Waals surface area contributed by atoms with Crippen LogP contribution >= 0.6 is 0 Å². The third kappa shape index (κ3) is 4.20. The molecule has 0 aliphatic carbocycles. The van der Waals surface area contributed by atoms with Crippen LogP contribution in [0.3, 0.4) is 0 Å². The molecule has 5 rings (SSSR count). The highest BCUT2D eigenvalue weighted by Gasteiger charge is 2.29. The van der Waals surface area contributed by atoms with Crippen molar-refractivity contribution in [3.05, 3.63) is 107 Å². The Labute approximate surface area is 190 Å². The van der Waals surface area contributed by atoms with E-state index in [0.29, 0.717) is 13.0 Å². The molecule has 3 nitrogen and oxygen atoms in total. The van der Waals surface area contributed by atoms with Gasteiger partial charge in [0.25, 0.3) is 0 Å². The molecule has 1 aromatic heterocycles. The maximum absolute atomic E-state index is 13.1. The lowest BCUT2D eigenvalue weighted by molar-refractivity contribution is -0.134. The minimum absolute atomic E-state index is 0.262. The molecule has 1 amide bonds. The Bertz CT molecular complexity index is 1250. The van der Waals surface area contributed by atoms with Gasteiger partial charge >= 0.3 is 0 Å². The summed E-state index contributed by atoms with van der Waals surface area (Å²) in [4.78, 5) is 15.1. The topological polar surface area (TPSA) is 25.2 Å². The summed E-state index contributed by atoms with van der Waals surface area (Å²) in [5.74, 6) is 0.540. The Morgan fingerprint density at radius 1 is 0.844 bits per heavy atom. The summed E-state index contributed by atoms with van der Waals surface area (Å²) in [5.41, 5.74) is 7.60. The van der Waals surface area contributed by atoms with Crippen molar-refractivity contribution >= 4 is 16.8 Å². The van der Waals surface area contributed by atoms with Gasteiger partial charge in [0.1, 0.15) is 0 Å². The van der Waals surface area contributed by atoms with E-state index in [4.69, 9.17) is 0 Å². The lowest BCUT2D eigenvalue weighted by Gasteiger charge is -2.32. The molecule has 1 fully saturated rings. The van der Waals surface area contributed by atoms with Crippen LogP contribution in [0.5, 0.6) is 0 Å². The first-order chi connectivity index (χ1) is 15.6. The minimum Gasteiger partial charge on any atom is -0.343 e. The molecule has 1 atom stereocenters. The molecule has 0 radical (unpaired) electrons. The summed E-state index contributed by atoms with van der Waals surface area (Å²) in [6.45, 7) is 6.59. The van der Waals surface area contributed by atoms with E-state index < -0.39 is 0 Å². The number of rotatable bonds is 5. The molecule has 4 aromatic rings. The van der Waals surface area contributed by atoms with E-state index in [2.05, 4.69) is 97.4 Å². The van der Waals surface area contributed by atoms with Crippen LogP contribution in [-0.2, 0) is 17.9 Å². The third-order valence-corrected chi connectivity index (χ3v) is 6.71. The molecule has 0 spiro atoms. The van der Waals surface area contributed by atoms with Crippen molar-refractivity contribution in [3.63, 3.8) is 0 Å². The van der Waals surface area contributed by atoms with Crippen molar-refractivity contribution in [3.8, 4) is 0 Å². The number of aromatic nitrogens is 1. The maximum Gasteiger partial charge on any atom is 0.223 e. The van der Waals surface area contributed by atoms with Gasteiger partial charge in [-0.25, -0.2) is 0 Å². The molecule has 0 N–H and O–H groups in total. The number of amides is 1. The highest BCUT2D eigenvalue weighted by Crippen LogP contribution is 2.35. The minimum atomic E-state index is 0.262. The van der Waals surface area contributed by atoms with Gasteiger partial charge in [-0.05, 0) is 48.9 Å². The molecule has 3 heteroatoms. The zero-order chi connectivity index (χ0) is 22.1. The van der Waals surface area contributed by atoms with Crippen LogP contribution in [-0.4, -0.2) is 21.9 Å². The van der Waals surface area contributed by atoms with Gasteiger partial charge in [-0.2, -0.15) is 0 Å². The van der Waals surface area contributed by atoms with Crippen LogP contribution in [0, 0.1) is 13.8 Å². The third-order valence-electron chi connectivity index (χ3n) is 6.71. The number of carbonyl (C=O) groups is 1. The van der Waals surface area contributed by atoms with Gasteiger partial charge in [-0.3, -0.25) is 4.79 Å². The predicted molar refractivity (Wildman–Crippen MR) is 131 cm³/mol. The Balaban J connectivity index is 1.37. The normalized spacial score (nSPS) is 16.6. The number of hydrogen-bond donors (Lipinski definition) is 0. The molecule has 162 valence electrons. The molecule has 1 saturated heterocycles. The number of nitrogens with zero attached hydrogens (tertiary/aromatic N) is 2. The Morgan fingerprint density at radius 2 is 1.66 bits per heavy atom.